The van der Waals surface area contributed by atoms with Crippen LogP contribution >= 0.6 is 0 Å². The number of hydrogen-bond donors (Lipinski definition) is 1. The Morgan fingerprint density at radius 2 is 1.67 bits per heavy atom. The van der Waals surface area contributed by atoms with E-state index in [0.29, 0.717) is 0 Å². The van der Waals surface area contributed by atoms with Gasteiger partial charge in [-0.25, -0.2) is 9.50 Å². The van der Waals surface area contributed by atoms with Crippen LogP contribution in [-0.2, 0) is 17.6 Å². The summed E-state index contributed by atoms with van der Waals surface area (Å²) in [6, 6.07) is 16.9. The van der Waals surface area contributed by atoms with Crippen LogP contribution in [0.1, 0.15) is 52.5 Å². The summed E-state index contributed by atoms with van der Waals surface area (Å²) in [5.74, 6) is 0. The zero-order valence-electron chi connectivity index (χ0n) is 22.0. The smallest absolute Gasteiger partial charge is 0.190 e. The summed E-state index contributed by atoms with van der Waals surface area (Å²) in [6.45, 7) is 11.7. The first kappa shape index (κ1) is 26.4. The Morgan fingerprint density at radius 1 is 0.917 bits per heavy atom. The van der Waals surface area contributed by atoms with E-state index in [2.05, 4.69) is 46.4 Å². The second kappa shape index (κ2) is 12.5. The molecular formula is C30H39N4OS+. The van der Waals surface area contributed by atoms with Crippen LogP contribution in [0.4, 0.5) is 0 Å². The molecule has 5 nitrogen and oxygen atoms in total. The van der Waals surface area contributed by atoms with Crippen molar-refractivity contribution < 1.29 is 4.55 Å². The van der Waals surface area contributed by atoms with E-state index in [-0.39, 0.29) is 5.25 Å². The molecule has 6 heteroatoms. The van der Waals surface area contributed by atoms with Gasteiger partial charge in [0, 0.05) is 36.1 Å². The van der Waals surface area contributed by atoms with E-state index in [0.717, 1.165) is 45.8 Å². The molecule has 5 rings (SSSR count). The Labute approximate surface area is 218 Å². The van der Waals surface area contributed by atoms with E-state index in [9.17, 15) is 4.55 Å². The summed E-state index contributed by atoms with van der Waals surface area (Å²) < 4.78 is 12.4. The average molecular weight is 504 g/mol. The van der Waals surface area contributed by atoms with Gasteiger partial charge in [0.05, 0.1) is 6.20 Å². The molecule has 1 saturated heterocycles. The fraction of sp³-hybridized carbons (Fsp3) is 0.400. The maximum absolute atomic E-state index is 10.5. The van der Waals surface area contributed by atoms with Crippen molar-refractivity contribution in [2.75, 3.05) is 19.6 Å². The Balaban J connectivity index is 0.00000148. The van der Waals surface area contributed by atoms with E-state index in [1.54, 1.807) is 0 Å². The molecule has 0 saturated carbocycles. The van der Waals surface area contributed by atoms with Gasteiger partial charge in [0.1, 0.15) is 0 Å². The highest BCUT2D eigenvalue weighted by Crippen LogP contribution is 2.28. The molecule has 2 aromatic heterocycles. The highest BCUT2D eigenvalue weighted by atomic mass is 32.2. The van der Waals surface area contributed by atoms with Crippen LogP contribution in [0.3, 0.4) is 0 Å². The molecule has 0 bridgehead atoms. The van der Waals surface area contributed by atoms with Gasteiger partial charge in [-0.3, -0.25) is 0 Å². The van der Waals surface area contributed by atoms with Crippen molar-refractivity contribution in [3.05, 3.63) is 72.7 Å². The molecule has 2 aromatic carbocycles. The number of piperidine rings is 1. The fourth-order valence-electron chi connectivity index (χ4n) is 4.63. The van der Waals surface area contributed by atoms with E-state index >= 15 is 0 Å². The number of nitrogens with zero attached hydrogens (tertiary/aromatic N) is 4. The van der Waals surface area contributed by atoms with Gasteiger partial charge in [0.2, 0.25) is 0 Å². The van der Waals surface area contributed by atoms with Crippen LogP contribution in [-0.4, -0.2) is 48.9 Å². The third kappa shape index (κ3) is 6.17. The largest absolute Gasteiger partial charge is 0.303 e. The van der Waals surface area contributed by atoms with Crippen molar-refractivity contribution in [1.29, 1.82) is 0 Å². The van der Waals surface area contributed by atoms with Crippen LogP contribution < -0.4 is 0 Å². The molecule has 36 heavy (non-hydrogen) atoms. The predicted octanol–water partition coefficient (Wildman–Crippen LogP) is 6.98. The average Bonchev–Trinajstić information content (AvgIpc) is 3.37. The van der Waals surface area contributed by atoms with Crippen molar-refractivity contribution in [2.24, 2.45) is 0 Å². The summed E-state index contributed by atoms with van der Waals surface area (Å²) in [7, 11) is 0. The second-order valence-corrected chi connectivity index (χ2v) is 11.5. The minimum atomic E-state index is -0.775. The minimum Gasteiger partial charge on any atom is -0.303 e. The lowest BCUT2D eigenvalue weighted by Gasteiger charge is -2.26. The molecule has 190 valence electrons. The molecule has 1 fully saturated rings. The molecule has 4 aromatic rings. The minimum absolute atomic E-state index is 0.191. The van der Waals surface area contributed by atoms with Gasteiger partial charge in [0.25, 0.3) is 0 Å². The monoisotopic (exact) mass is 503 g/mol. The number of fused-ring (bicyclic) bond motifs is 1. The van der Waals surface area contributed by atoms with E-state index in [4.69, 9.17) is 4.98 Å². The van der Waals surface area contributed by atoms with Crippen molar-refractivity contribution in [3.63, 3.8) is 0 Å². The topological polar surface area (TPSA) is 53.7 Å². The van der Waals surface area contributed by atoms with Crippen molar-refractivity contribution >= 4 is 16.8 Å². The van der Waals surface area contributed by atoms with Gasteiger partial charge in [-0.05, 0) is 69.0 Å². The summed E-state index contributed by atoms with van der Waals surface area (Å²) in [5, 5.41) is 4.77. The molecule has 1 aliphatic heterocycles. The van der Waals surface area contributed by atoms with Crippen LogP contribution in [0, 0.1) is 0 Å². The molecule has 0 radical (unpaired) electrons. The number of hydrogen-bond acceptors (Lipinski definition) is 4. The number of likely N-dealkylation sites (tertiary alicyclic amines) is 1. The molecule has 3 heterocycles. The van der Waals surface area contributed by atoms with E-state index < -0.39 is 11.2 Å². The van der Waals surface area contributed by atoms with Crippen molar-refractivity contribution in [1.82, 2.24) is 19.5 Å². The van der Waals surface area contributed by atoms with Crippen LogP contribution in [0.25, 0.3) is 27.9 Å². The Bertz CT molecular complexity index is 1250. The third-order valence-corrected chi connectivity index (χ3v) is 8.27. The number of aromatic nitrogens is 3. The zero-order chi connectivity index (χ0) is 25.5. The molecule has 0 amide bonds. The Kier molecular flexibility index (Phi) is 9.19. The molecule has 1 unspecified atom stereocenters. The van der Waals surface area contributed by atoms with Crippen LogP contribution in [0.15, 0.2) is 72.0 Å². The zero-order valence-corrected chi connectivity index (χ0v) is 22.8. The van der Waals surface area contributed by atoms with Gasteiger partial charge in [-0.1, -0.05) is 56.7 Å². The van der Waals surface area contributed by atoms with Crippen LogP contribution in [0.5, 0.6) is 0 Å². The first-order valence-electron chi connectivity index (χ1n) is 13.3. The first-order chi connectivity index (χ1) is 17.6. The molecule has 0 spiro atoms. The van der Waals surface area contributed by atoms with Crippen molar-refractivity contribution in [3.8, 4) is 22.3 Å². The van der Waals surface area contributed by atoms with Gasteiger partial charge in [0.15, 0.2) is 27.0 Å². The fourth-order valence-corrected chi connectivity index (χ4v) is 5.64. The predicted molar refractivity (Wildman–Crippen MR) is 153 cm³/mol. The SMILES string of the molecule is CC.CC(C)[S+](O)c1cccc(-c2cnn3cc(-c4ccc(CCN5CCCCC5)cc4)cnc23)c1. The molecule has 1 N–H and O–H groups in total. The quantitative estimate of drug-likeness (QED) is 0.277. The number of rotatable bonds is 7. The molecule has 0 aliphatic carbocycles. The van der Waals surface area contributed by atoms with Gasteiger partial charge in [-0.2, -0.15) is 9.65 Å². The molecule has 1 aliphatic rings. The van der Waals surface area contributed by atoms with E-state index in [1.807, 2.05) is 62.9 Å². The normalized spacial score (nSPS) is 15.1. The first-order valence-corrected chi connectivity index (χ1v) is 14.5. The summed E-state index contributed by atoms with van der Waals surface area (Å²) in [5.41, 5.74) is 6.40. The lowest BCUT2D eigenvalue weighted by molar-refractivity contribution is 0.231. The Hall–Kier alpha value is -2.67. The summed E-state index contributed by atoms with van der Waals surface area (Å²) in [6.07, 6.45) is 11.0. The van der Waals surface area contributed by atoms with Crippen molar-refractivity contribution in [2.45, 2.75) is 63.5 Å². The lowest BCUT2D eigenvalue weighted by atomic mass is 10.0. The maximum atomic E-state index is 10.5. The third-order valence-electron chi connectivity index (χ3n) is 6.64. The van der Waals surface area contributed by atoms with Gasteiger partial charge < -0.3 is 4.90 Å². The summed E-state index contributed by atoms with van der Waals surface area (Å²) in [4.78, 5) is 8.29. The number of benzene rings is 2. The second-order valence-electron chi connectivity index (χ2n) is 9.41. The highest BCUT2D eigenvalue weighted by Gasteiger charge is 2.25. The standard InChI is InChI=1S/C28H33N4OS.C2H6/c1-21(2)34(33)26-8-6-7-24(17-26)27-19-30-32-20-25(18-29-28(27)32)23-11-9-22(10-12-23)13-16-31-14-4-3-5-15-31;1-2/h6-12,17-21,33H,3-5,13-16H2,1-2H3;1-2H3/q+1;. The molecular weight excluding hydrogens is 464 g/mol. The summed E-state index contributed by atoms with van der Waals surface area (Å²) >= 11 is -0.775. The lowest BCUT2D eigenvalue weighted by Crippen LogP contribution is -2.31. The molecule has 1 atom stereocenters. The van der Waals surface area contributed by atoms with Gasteiger partial charge in [-0.15, -0.1) is 0 Å². The van der Waals surface area contributed by atoms with Gasteiger partial charge >= 0.3 is 0 Å². The highest BCUT2D eigenvalue weighted by molar-refractivity contribution is 7.92. The maximum Gasteiger partial charge on any atom is 0.190 e. The van der Waals surface area contributed by atoms with Crippen LogP contribution in [0.2, 0.25) is 0 Å². The Morgan fingerprint density at radius 3 is 2.39 bits per heavy atom. The van der Waals surface area contributed by atoms with E-state index in [1.165, 1.54) is 37.9 Å².